The fourth-order valence-electron chi connectivity index (χ4n) is 2.73. The first-order valence-corrected chi connectivity index (χ1v) is 9.11. The van der Waals surface area contributed by atoms with Gasteiger partial charge in [-0.3, -0.25) is 4.79 Å². The van der Waals surface area contributed by atoms with Crippen LogP contribution in [0.2, 0.25) is 5.02 Å². The minimum absolute atomic E-state index is 0.000342. The average Bonchev–Trinajstić information content (AvgIpc) is 2.73. The molecule has 0 spiro atoms. The highest BCUT2D eigenvalue weighted by molar-refractivity contribution is 6.31. The number of amides is 1. The Kier molecular flexibility index (Phi) is 6.64. The summed E-state index contributed by atoms with van der Waals surface area (Å²) in [4.78, 5) is 14.0. The Morgan fingerprint density at radius 1 is 1.25 bits per heavy atom. The highest BCUT2D eigenvalue weighted by Crippen LogP contribution is 2.22. The number of carbonyl (C=O) groups excluding carboxylic acids is 1. The van der Waals surface area contributed by atoms with Crippen LogP contribution < -0.4 is 4.74 Å². The van der Waals surface area contributed by atoms with E-state index in [1.54, 1.807) is 35.2 Å². The molecule has 7 heteroatoms. The summed E-state index contributed by atoms with van der Waals surface area (Å²) in [7, 11) is 0. The molecule has 0 atom stereocenters. The topological polar surface area (TPSA) is 62.6 Å². The summed E-state index contributed by atoms with van der Waals surface area (Å²) in [6.45, 7) is 1.90. The molecule has 1 aliphatic heterocycles. The van der Waals surface area contributed by atoms with E-state index >= 15 is 0 Å². The summed E-state index contributed by atoms with van der Waals surface area (Å²) in [5, 5.41) is 9.64. The zero-order chi connectivity index (χ0) is 19.9. The monoisotopic (exact) mass is 400 g/mol. The van der Waals surface area contributed by atoms with Crippen molar-refractivity contribution in [3.63, 3.8) is 0 Å². The number of nitriles is 1. The molecule has 3 rings (SSSR count). The van der Waals surface area contributed by atoms with Gasteiger partial charge in [0.25, 0.3) is 5.91 Å². The van der Waals surface area contributed by atoms with E-state index in [1.807, 2.05) is 6.07 Å². The first-order chi connectivity index (χ1) is 13.6. The average molecular weight is 401 g/mol. The van der Waals surface area contributed by atoms with Crippen LogP contribution in [0.15, 0.2) is 48.0 Å². The van der Waals surface area contributed by atoms with E-state index in [-0.39, 0.29) is 23.7 Å². The minimum Gasteiger partial charge on any atom is -0.489 e. The molecule has 5 nitrogen and oxygen atoms in total. The Morgan fingerprint density at radius 3 is 2.61 bits per heavy atom. The lowest BCUT2D eigenvalue weighted by Gasteiger charge is -2.26. The van der Waals surface area contributed by atoms with Crippen LogP contribution in [0.5, 0.6) is 5.75 Å². The number of morpholine rings is 1. The summed E-state index contributed by atoms with van der Waals surface area (Å²) < 4.78 is 24.6. The van der Waals surface area contributed by atoms with Gasteiger partial charge >= 0.3 is 0 Å². The van der Waals surface area contributed by atoms with Crippen LogP contribution in [0.4, 0.5) is 4.39 Å². The van der Waals surface area contributed by atoms with Gasteiger partial charge in [-0.25, -0.2) is 4.39 Å². The van der Waals surface area contributed by atoms with Crippen molar-refractivity contribution in [2.75, 3.05) is 26.3 Å². The van der Waals surface area contributed by atoms with Crippen molar-refractivity contribution < 1.29 is 18.7 Å². The van der Waals surface area contributed by atoms with Gasteiger partial charge in [0, 0.05) is 18.7 Å². The molecule has 0 unspecified atom stereocenters. The molecule has 2 aromatic carbocycles. The molecule has 2 aromatic rings. The maximum atomic E-state index is 13.8. The van der Waals surface area contributed by atoms with Crippen LogP contribution in [0.25, 0.3) is 6.08 Å². The molecule has 0 radical (unpaired) electrons. The number of benzene rings is 2. The third kappa shape index (κ3) is 4.89. The fourth-order valence-corrected chi connectivity index (χ4v) is 2.95. The van der Waals surface area contributed by atoms with Crippen molar-refractivity contribution in [2.24, 2.45) is 0 Å². The van der Waals surface area contributed by atoms with E-state index in [1.165, 1.54) is 18.2 Å². The molecular formula is C21H18ClFN2O3. The van der Waals surface area contributed by atoms with Crippen LogP contribution in [0.3, 0.4) is 0 Å². The Bertz CT molecular complexity index is 896. The van der Waals surface area contributed by atoms with Gasteiger partial charge in [0.15, 0.2) is 0 Å². The predicted molar refractivity (Wildman–Crippen MR) is 103 cm³/mol. The zero-order valence-corrected chi connectivity index (χ0v) is 15.8. The second-order valence-electron chi connectivity index (χ2n) is 6.13. The maximum absolute atomic E-state index is 13.8. The van der Waals surface area contributed by atoms with Crippen LogP contribution >= 0.6 is 11.6 Å². The quantitative estimate of drug-likeness (QED) is 0.565. The normalized spacial score (nSPS) is 14.5. The molecule has 0 aromatic heterocycles. The van der Waals surface area contributed by atoms with Crippen LogP contribution in [-0.2, 0) is 16.1 Å². The van der Waals surface area contributed by atoms with Gasteiger partial charge in [-0.1, -0.05) is 29.8 Å². The van der Waals surface area contributed by atoms with Crippen molar-refractivity contribution in [3.05, 3.63) is 70.0 Å². The molecule has 1 fully saturated rings. The lowest BCUT2D eigenvalue weighted by atomic mass is 10.1. The molecule has 28 heavy (non-hydrogen) atoms. The van der Waals surface area contributed by atoms with E-state index < -0.39 is 5.82 Å². The lowest BCUT2D eigenvalue weighted by molar-refractivity contribution is -0.130. The molecule has 1 heterocycles. The third-order valence-electron chi connectivity index (χ3n) is 4.29. The Labute approximate surface area is 167 Å². The predicted octanol–water partition coefficient (Wildman–Crippen LogP) is 3.82. The van der Waals surface area contributed by atoms with Crippen molar-refractivity contribution in [3.8, 4) is 11.8 Å². The molecule has 1 aliphatic rings. The van der Waals surface area contributed by atoms with Crippen molar-refractivity contribution in [1.82, 2.24) is 4.90 Å². The Morgan fingerprint density at radius 2 is 1.96 bits per heavy atom. The first-order valence-electron chi connectivity index (χ1n) is 8.73. The third-order valence-corrected chi connectivity index (χ3v) is 4.64. The van der Waals surface area contributed by atoms with Crippen LogP contribution in [-0.4, -0.2) is 37.1 Å². The van der Waals surface area contributed by atoms with Gasteiger partial charge in [-0.2, -0.15) is 5.26 Å². The largest absolute Gasteiger partial charge is 0.489 e. The van der Waals surface area contributed by atoms with Crippen molar-refractivity contribution >= 4 is 23.6 Å². The summed E-state index contributed by atoms with van der Waals surface area (Å²) >= 11 is 5.99. The summed E-state index contributed by atoms with van der Waals surface area (Å²) in [6, 6.07) is 13.3. The number of hydrogen-bond acceptors (Lipinski definition) is 4. The molecule has 144 valence electrons. The second kappa shape index (κ2) is 9.36. The first kappa shape index (κ1) is 19.9. The molecule has 0 saturated carbocycles. The summed E-state index contributed by atoms with van der Waals surface area (Å²) in [5.41, 5.74) is 1.04. The van der Waals surface area contributed by atoms with Crippen LogP contribution in [0, 0.1) is 17.1 Å². The van der Waals surface area contributed by atoms with E-state index in [0.717, 1.165) is 0 Å². The number of rotatable bonds is 5. The number of ether oxygens (including phenoxy) is 2. The van der Waals surface area contributed by atoms with Gasteiger partial charge in [0.05, 0.1) is 18.2 Å². The lowest BCUT2D eigenvalue weighted by Crippen LogP contribution is -2.41. The molecule has 0 aliphatic carbocycles. The zero-order valence-electron chi connectivity index (χ0n) is 15.0. The SMILES string of the molecule is N#C/C(=C/c1ccc(OCc2c(F)cccc2Cl)cc1)C(=O)N1CCOCC1. The summed E-state index contributed by atoms with van der Waals surface area (Å²) in [6.07, 6.45) is 1.54. The van der Waals surface area contributed by atoms with Gasteiger partial charge in [0.1, 0.15) is 29.8 Å². The summed E-state index contributed by atoms with van der Waals surface area (Å²) in [5.74, 6) is -0.206. The highest BCUT2D eigenvalue weighted by atomic mass is 35.5. The fraction of sp³-hybridized carbons (Fsp3) is 0.238. The van der Waals surface area contributed by atoms with E-state index in [2.05, 4.69) is 0 Å². The van der Waals surface area contributed by atoms with E-state index in [0.29, 0.717) is 42.6 Å². The maximum Gasteiger partial charge on any atom is 0.264 e. The smallest absolute Gasteiger partial charge is 0.264 e. The number of hydrogen-bond donors (Lipinski definition) is 0. The second-order valence-corrected chi connectivity index (χ2v) is 6.54. The number of nitrogens with zero attached hydrogens (tertiary/aromatic N) is 2. The molecule has 0 bridgehead atoms. The molecule has 1 amide bonds. The highest BCUT2D eigenvalue weighted by Gasteiger charge is 2.20. The van der Waals surface area contributed by atoms with Crippen molar-refractivity contribution in [1.29, 1.82) is 5.26 Å². The van der Waals surface area contributed by atoms with Gasteiger partial charge < -0.3 is 14.4 Å². The molecular weight excluding hydrogens is 383 g/mol. The Hall–Kier alpha value is -2.88. The van der Waals surface area contributed by atoms with E-state index in [4.69, 9.17) is 21.1 Å². The number of carbonyl (C=O) groups is 1. The van der Waals surface area contributed by atoms with Gasteiger partial charge in [0.2, 0.25) is 0 Å². The standard InChI is InChI=1S/C21H18ClFN2O3/c22-19-2-1-3-20(23)18(19)14-28-17-6-4-15(5-7-17)12-16(13-24)21(26)25-8-10-27-11-9-25/h1-7,12H,8-11,14H2/b16-12-. The molecule has 0 N–H and O–H groups in total. The van der Waals surface area contributed by atoms with Crippen molar-refractivity contribution in [2.45, 2.75) is 6.61 Å². The molecule has 1 saturated heterocycles. The number of halogens is 2. The van der Waals surface area contributed by atoms with E-state index in [9.17, 15) is 14.4 Å². The minimum atomic E-state index is -0.424. The van der Waals surface area contributed by atoms with Gasteiger partial charge in [-0.05, 0) is 35.9 Å². The van der Waals surface area contributed by atoms with Crippen LogP contribution in [0.1, 0.15) is 11.1 Å². The Balaban J connectivity index is 1.66. The van der Waals surface area contributed by atoms with Gasteiger partial charge in [-0.15, -0.1) is 0 Å².